The minimum Gasteiger partial charge on any atom is -0.391 e. The van der Waals surface area contributed by atoms with E-state index in [1.807, 2.05) is 21.1 Å². The van der Waals surface area contributed by atoms with Crippen molar-refractivity contribution in [3.8, 4) is 0 Å². The molecule has 8 nitrogen and oxygen atoms in total. The van der Waals surface area contributed by atoms with Crippen molar-refractivity contribution >= 4 is 13.7 Å². The maximum Gasteiger partial charge on any atom is 0.472 e. The van der Waals surface area contributed by atoms with Crippen LogP contribution in [0.3, 0.4) is 0 Å². The second kappa shape index (κ2) is 48.9. The van der Waals surface area contributed by atoms with E-state index in [-0.39, 0.29) is 19.1 Å². The minimum atomic E-state index is -4.34. The van der Waals surface area contributed by atoms with E-state index in [0.29, 0.717) is 23.9 Å². The monoisotopic (exact) mass is 960 g/mol. The summed E-state index contributed by atoms with van der Waals surface area (Å²) < 4.78 is 23.8. The van der Waals surface area contributed by atoms with Gasteiger partial charge in [0, 0.05) is 6.42 Å². The third-order valence-corrected chi connectivity index (χ3v) is 13.2. The molecule has 0 aromatic carbocycles. The number of amides is 1. The molecule has 0 spiro atoms. The van der Waals surface area contributed by atoms with Crippen molar-refractivity contribution in [1.29, 1.82) is 0 Å². The zero-order valence-corrected chi connectivity index (χ0v) is 45.3. The summed E-state index contributed by atoms with van der Waals surface area (Å²) in [7, 11) is 1.59. The van der Waals surface area contributed by atoms with Crippen LogP contribution in [0.4, 0.5) is 0 Å². The first-order valence-electron chi connectivity index (χ1n) is 27.8. The van der Waals surface area contributed by atoms with E-state index >= 15 is 0 Å². The van der Waals surface area contributed by atoms with Gasteiger partial charge in [-0.2, -0.15) is 0 Å². The predicted molar refractivity (Wildman–Crippen MR) is 290 cm³/mol. The highest BCUT2D eigenvalue weighted by Gasteiger charge is 2.28. The van der Waals surface area contributed by atoms with Crippen molar-refractivity contribution in [2.45, 2.75) is 251 Å². The van der Waals surface area contributed by atoms with E-state index in [1.165, 1.54) is 122 Å². The molecule has 0 aliphatic heterocycles. The maximum atomic E-state index is 13.0. The molecule has 3 unspecified atom stereocenters. The number of likely N-dealkylation sites (N-methyl/N-ethyl adjacent to an activating group) is 1. The Morgan fingerprint density at radius 1 is 0.522 bits per heavy atom. The van der Waals surface area contributed by atoms with Gasteiger partial charge >= 0.3 is 7.82 Å². The van der Waals surface area contributed by atoms with Crippen LogP contribution in [0.1, 0.15) is 239 Å². The molecule has 0 aliphatic carbocycles. The van der Waals surface area contributed by atoms with Gasteiger partial charge < -0.3 is 19.8 Å². The number of hydrogen-bond acceptors (Lipinski definition) is 5. The van der Waals surface area contributed by atoms with Crippen LogP contribution in [-0.4, -0.2) is 73.4 Å². The number of rotatable bonds is 50. The van der Waals surface area contributed by atoms with Gasteiger partial charge in [0.25, 0.3) is 0 Å². The van der Waals surface area contributed by atoms with Crippen LogP contribution in [0.5, 0.6) is 0 Å². The highest BCUT2D eigenvalue weighted by Crippen LogP contribution is 2.43. The number of carbonyl (C=O) groups excluding carboxylic acids is 1. The SMILES string of the molecule is CC/C=C\C/C=C\C/C=C\C/C=C\C/C=C\C/C=C\CCCCCCC(=O)NC(COP(=O)(O)OCC[N+](C)(C)C)C(O)CCCCCCCCCCCCCCCCCCCCCCCC. The lowest BCUT2D eigenvalue weighted by molar-refractivity contribution is -0.870. The molecule has 3 atom stereocenters. The van der Waals surface area contributed by atoms with Gasteiger partial charge in [-0.3, -0.25) is 13.8 Å². The summed E-state index contributed by atoms with van der Waals surface area (Å²) >= 11 is 0. The molecule has 0 aliphatic rings. The lowest BCUT2D eigenvalue weighted by Crippen LogP contribution is -2.46. The van der Waals surface area contributed by atoms with Crippen LogP contribution in [0.2, 0.25) is 0 Å². The van der Waals surface area contributed by atoms with Crippen molar-refractivity contribution in [2.75, 3.05) is 40.9 Å². The number of quaternary nitrogens is 1. The van der Waals surface area contributed by atoms with Crippen LogP contribution in [0, 0.1) is 0 Å². The molecule has 0 heterocycles. The first-order chi connectivity index (χ1) is 32.5. The number of aliphatic hydroxyl groups is 1. The fourth-order valence-electron chi connectivity index (χ4n) is 7.87. The number of carbonyl (C=O) groups is 1. The molecule has 0 saturated heterocycles. The van der Waals surface area contributed by atoms with E-state index < -0.39 is 20.0 Å². The number of allylic oxidation sites excluding steroid dienone is 12. The minimum absolute atomic E-state index is 0.0659. The third kappa shape index (κ3) is 51.6. The summed E-state index contributed by atoms with van der Waals surface area (Å²) in [5, 5.41) is 14.0. The molecule has 0 fully saturated rings. The lowest BCUT2D eigenvalue weighted by Gasteiger charge is -2.26. The number of phosphoric acid groups is 1. The standard InChI is InChI=1S/C58H107N2O6P/c1-6-8-10-12-14-16-18-20-22-24-26-28-30-32-34-36-38-40-42-44-46-48-50-52-58(62)59-56(55-66-67(63,64)65-54-53-60(3,4)5)57(61)51-49-47-45-43-41-39-37-35-33-31-29-27-25-23-21-19-17-15-13-11-9-7-2/h8,10,14,16,20,22,26,28,32,34,38,40,56-57,61H,6-7,9,11-13,15,17-19,21,23-25,27,29-31,33,35-37,39,41-55H2,1-5H3,(H-,59,62,63,64)/p+1/b10-8-,16-14-,22-20-,28-26-,34-32-,40-38-. The summed E-state index contributed by atoms with van der Waals surface area (Å²) in [5.74, 6) is -0.169. The molecule has 0 aromatic rings. The summed E-state index contributed by atoms with van der Waals surface area (Å²) in [4.78, 5) is 23.3. The summed E-state index contributed by atoms with van der Waals surface area (Å²) in [6, 6.07) is -0.780. The Balaban J connectivity index is 4.28. The van der Waals surface area contributed by atoms with Crippen molar-refractivity contribution in [3.05, 3.63) is 72.9 Å². The van der Waals surface area contributed by atoms with Gasteiger partial charge in [-0.25, -0.2) is 4.57 Å². The Labute approximate surface area is 414 Å². The molecule has 390 valence electrons. The second-order valence-electron chi connectivity index (χ2n) is 19.9. The number of nitrogens with one attached hydrogen (secondary N) is 1. The van der Waals surface area contributed by atoms with Crippen LogP contribution in [0.15, 0.2) is 72.9 Å². The fourth-order valence-corrected chi connectivity index (χ4v) is 8.61. The van der Waals surface area contributed by atoms with E-state index in [2.05, 4.69) is 92.1 Å². The number of hydrogen-bond donors (Lipinski definition) is 3. The number of phosphoric ester groups is 1. The average Bonchev–Trinajstić information content (AvgIpc) is 3.29. The molecule has 0 bridgehead atoms. The van der Waals surface area contributed by atoms with Gasteiger partial charge in [-0.15, -0.1) is 0 Å². The zero-order chi connectivity index (χ0) is 49.2. The molecule has 1 amide bonds. The molecular weight excluding hydrogens is 852 g/mol. The Bertz CT molecular complexity index is 1320. The summed E-state index contributed by atoms with van der Waals surface area (Å²) in [6.07, 6.45) is 66.6. The number of nitrogens with zero attached hydrogens (tertiary/aromatic N) is 1. The Morgan fingerprint density at radius 2 is 0.896 bits per heavy atom. The molecule has 0 aromatic heterocycles. The topological polar surface area (TPSA) is 105 Å². The van der Waals surface area contributed by atoms with Crippen molar-refractivity contribution in [3.63, 3.8) is 0 Å². The van der Waals surface area contributed by atoms with Gasteiger partial charge in [-0.1, -0.05) is 241 Å². The van der Waals surface area contributed by atoms with Gasteiger partial charge in [0.1, 0.15) is 13.2 Å². The Morgan fingerprint density at radius 3 is 1.31 bits per heavy atom. The van der Waals surface area contributed by atoms with Gasteiger partial charge in [0.05, 0.1) is 39.9 Å². The van der Waals surface area contributed by atoms with Crippen LogP contribution >= 0.6 is 7.82 Å². The molecule has 9 heteroatoms. The molecule has 0 radical (unpaired) electrons. The van der Waals surface area contributed by atoms with Crippen LogP contribution in [-0.2, 0) is 18.4 Å². The average molecular weight is 960 g/mol. The Hall–Kier alpha value is -2.06. The van der Waals surface area contributed by atoms with E-state index in [0.717, 1.165) is 89.9 Å². The van der Waals surface area contributed by atoms with Gasteiger partial charge in [0.2, 0.25) is 5.91 Å². The second-order valence-corrected chi connectivity index (χ2v) is 21.4. The largest absolute Gasteiger partial charge is 0.472 e. The van der Waals surface area contributed by atoms with Gasteiger partial charge in [-0.05, 0) is 64.2 Å². The molecule has 0 saturated carbocycles. The quantitative estimate of drug-likeness (QED) is 0.0243. The van der Waals surface area contributed by atoms with Crippen molar-refractivity contribution in [2.24, 2.45) is 0 Å². The van der Waals surface area contributed by atoms with E-state index in [4.69, 9.17) is 9.05 Å². The Kier molecular flexibility index (Phi) is 47.4. The third-order valence-electron chi connectivity index (χ3n) is 12.2. The number of unbranched alkanes of at least 4 members (excludes halogenated alkanes) is 25. The summed E-state index contributed by atoms with van der Waals surface area (Å²) in [5.41, 5.74) is 0. The first-order valence-corrected chi connectivity index (χ1v) is 29.3. The van der Waals surface area contributed by atoms with Crippen LogP contribution < -0.4 is 5.32 Å². The highest BCUT2D eigenvalue weighted by molar-refractivity contribution is 7.47. The molecule has 0 rings (SSSR count). The molecule has 67 heavy (non-hydrogen) atoms. The van der Waals surface area contributed by atoms with Crippen molar-refractivity contribution in [1.82, 2.24) is 5.32 Å². The summed E-state index contributed by atoms with van der Waals surface area (Å²) in [6.45, 7) is 4.77. The van der Waals surface area contributed by atoms with Gasteiger partial charge in [0.15, 0.2) is 0 Å². The number of aliphatic hydroxyl groups excluding tert-OH is 1. The van der Waals surface area contributed by atoms with E-state index in [1.54, 1.807) is 0 Å². The lowest BCUT2D eigenvalue weighted by atomic mass is 10.0. The van der Waals surface area contributed by atoms with E-state index in [9.17, 15) is 19.4 Å². The molecular formula is C58H108N2O6P+. The fraction of sp³-hybridized carbons (Fsp3) is 0.776. The first kappa shape index (κ1) is 64.9. The molecule has 3 N–H and O–H groups in total. The van der Waals surface area contributed by atoms with Crippen LogP contribution in [0.25, 0.3) is 0 Å². The highest BCUT2D eigenvalue weighted by atomic mass is 31.2. The van der Waals surface area contributed by atoms with Crippen molar-refractivity contribution < 1.29 is 32.9 Å². The normalized spacial score (nSPS) is 14.6. The smallest absolute Gasteiger partial charge is 0.391 e. The predicted octanol–water partition coefficient (Wildman–Crippen LogP) is 16.7. The zero-order valence-electron chi connectivity index (χ0n) is 44.4. The maximum absolute atomic E-state index is 13.0.